The Labute approximate surface area is 158 Å². The summed E-state index contributed by atoms with van der Waals surface area (Å²) in [6, 6.07) is 18.8. The molecule has 132 valence electrons. The van der Waals surface area contributed by atoms with E-state index in [2.05, 4.69) is 80.9 Å². The molecule has 6 heteroatoms. The highest BCUT2D eigenvalue weighted by molar-refractivity contribution is 7.98. The molecule has 1 N–H and O–H groups in total. The molecule has 26 heavy (non-hydrogen) atoms. The summed E-state index contributed by atoms with van der Waals surface area (Å²) in [4.78, 5) is 8.77. The zero-order valence-electron chi connectivity index (χ0n) is 14.9. The first-order valence-electron chi connectivity index (χ1n) is 8.53. The Bertz CT molecular complexity index is 900. The predicted molar refractivity (Wildman–Crippen MR) is 108 cm³/mol. The highest BCUT2D eigenvalue weighted by Gasteiger charge is 2.26. The predicted octanol–water partition coefficient (Wildman–Crippen LogP) is 4.31. The lowest BCUT2D eigenvalue weighted by Crippen LogP contribution is -2.33. The summed E-state index contributed by atoms with van der Waals surface area (Å²) in [6.07, 6.45) is 3.77. The first kappa shape index (κ1) is 16.9. The van der Waals surface area contributed by atoms with Crippen molar-refractivity contribution in [3.05, 3.63) is 71.9 Å². The molecule has 1 aliphatic heterocycles. The lowest BCUT2D eigenvalue weighted by atomic mass is 10.1. The molecule has 0 saturated heterocycles. The minimum absolute atomic E-state index is 0.769. The molecule has 2 heterocycles. The van der Waals surface area contributed by atoms with Gasteiger partial charge in [-0.25, -0.2) is 15.0 Å². The van der Waals surface area contributed by atoms with Gasteiger partial charge in [0.05, 0.1) is 12.2 Å². The molecule has 0 saturated carbocycles. The quantitative estimate of drug-likeness (QED) is 0.538. The molecule has 0 spiro atoms. The molecule has 3 aromatic rings. The summed E-state index contributed by atoms with van der Waals surface area (Å²) in [5.74, 6) is 0.821. The van der Waals surface area contributed by atoms with E-state index >= 15 is 0 Å². The molecule has 0 aliphatic carbocycles. The maximum Gasteiger partial charge on any atom is 0.189 e. The second-order valence-corrected chi connectivity index (χ2v) is 6.99. The average Bonchev–Trinajstić information content (AvgIpc) is 2.99. The van der Waals surface area contributed by atoms with Gasteiger partial charge in [0.1, 0.15) is 5.82 Å². The van der Waals surface area contributed by atoms with Gasteiger partial charge in [0, 0.05) is 31.0 Å². The van der Waals surface area contributed by atoms with Crippen molar-refractivity contribution in [1.82, 2.24) is 15.0 Å². The van der Waals surface area contributed by atoms with Crippen molar-refractivity contribution in [3.8, 4) is 0 Å². The van der Waals surface area contributed by atoms with Crippen molar-refractivity contribution < 1.29 is 0 Å². The standard InChI is InChI=1S/C20H21N5S/c1-24-14-16-17(22-19-11-12-21-20(23-19)26-2)9-6-10-18(16)25(24)13-15-7-4-3-5-8-15/h3-12H,13-14H2,1-2H3,(H,21,22,23). The lowest BCUT2D eigenvalue weighted by molar-refractivity contribution is 0.320. The van der Waals surface area contributed by atoms with Gasteiger partial charge in [0.15, 0.2) is 5.16 Å². The van der Waals surface area contributed by atoms with Crippen LogP contribution in [0.4, 0.5) is 17.2 Å². The molecule has 0 atom stereocenters. The fourth-order valence-electron chi connectivity index (χ4n) is 3.21. The second kappa shape index (κ2) is 7.35. The number of nitrogens with one attached hydrogen (secondary N) is 1. The van der Waals surface area contributed by atoms with E-state index in [1.807, 2.05) is 12.3 Å². The van der Waals surface area contributed by atoms with E-state index in [9.17, 15) is 0 Å². The van der Waals surface area contributed by atoms with Gasteiger partial charge in [-0.1, -0.05) is 48.2 Å². The fraction of sp³-hybridized carbons (Fsp3) is 0.200. The van der Waals surface area contributed by atoms with Crippen molar-refractivity contribution >= 4 is 29.0 Å². The van der Waals surface area contributed by atoms with E-state index in [0.29, 0.717) is 0 Å². The van der Waals surface area contributed by atoms with E-state index in [0.717, 1.165) is 29.8 Å². The molecule has 4 rings (SSSR count). The number of nitrogens with zero attached hydrogens (tertiary/aromatic N) is 4. The third-order valence-electron chi connectivity index (χ3n) is 4.48. The second-order valence-electron chi connectivity index (χ2n) is 6.22. The summed E-state index contributed by atoms with van der Waals surface area (Å²) in [5.41, 5.74) is 4.91. The van der Waals surface area contributed by atoms with Crippen LogP contribution >= 0.6 is 11.8 Å². The molecule has 1 aliphatic rings. The van der Waals surface area contributed by atoms with Crippen LogP contribution in [-0.2, 0) is 13.1 Å². The molecule has 0 amide bonds. The maximum absolute atomic E-state index is 4.53. The third kappa shape index (κ3) is 3.38. The zero-order chi connectivity index (χ0) is 17.9. The highest BCUT2D eigenvalue weighted by atomic mass is 32.2. The smallest absolute Gasteiger partial charge is 0.189 e. The minimum atomic E-state index is 0.769. The van der Waals surface area contributed by atoms with Crippen LogP contribution < -0.4 is 10.3 Å². The SMILES string of the molecule is CSc1nccc(Nc2cccc3c2CN(C)N3Cc2ccccc2)n1. The lowest BCUT2D eigenvalue weighted by Gasteiger charge is -2.27. The van der Waals surface area contributed by atoms with Gasteiger partial charge in [-0.2, -0.15) is 0 Å². The summed E-state index contributed by atoms with van der Waals surface area (Å²) in [5, 5.41) is 8.82. The number of anilines is 3. The van der Waals surface area contributed by atoms with Crippen molar-refractivity contribution in [2.24, 2.45) is 0 Å². The average molecular weight is 363 g/mol. The van der Waals surface area contributed by atoms with Crippen LogP contribution in [0, 0.1) is 0 Å². The minimum Gasteiger partial charge on any atom is -0.340 e. The Balaban J connectivity index is 1.62. The molecule has 0 bridgehead atoms. The van der Waals surface area contributed by atoms with Crippen LogP contribution in [0.25, 0.3) is 0 Å². The molecule has 0 fully saturated rings. The summed E-state index contributed by atoms with van der Waals surface area (Å²) in [7, 11) is 2.13. The first-order valence-corrected chi connectivity index (χ1v) is 9.75. The van der Waals surface area contributed by atoms with Crippen LogP contribution in [0.5, 0.6) is 0 Å². The summed E-state index contributed by atoms with van der Waals surface area (Å²) < 4.78 is 0. The molecular formula is C20H21N5S. The van der Waals surface area contributed by atoms with Crippen molar-refractivity contribution in [2.45, 2.75) is 18.2 Å². The number of hydrogen-bond donors (Lipinski definition) is 1. The Hall–Kier alpha value is -2.57. The summed E-state index contributed by atoms with van der Waals surface area (Å²) in [6.45, 7) is 1.73. The zero-order valence-corrected chi connectivity index (χ0v) is 15.7. The van der Waals surface area contributed by atoms with Crippen molar-refractivity contribution in [2.75, 3.05) is 23.6 Å². The number of benzene rings is 2. The van der Waals surface area contributed by atoms with Crippen LogP contribution in [0.1, 0.15) is 11.1 Å². The topological polar surface area (TPSA) is 44.3 Å². The first-order chi connectivity index (χ1) is 12.7. The molecule has 1 aromatic heterocycles. The Kier molecular flexibility index (Phi) is 4.77. The van der Waals surface area contributed by atoms with Crippen molar-refractivity contribution in [1.29, 1.82) is 0 Å². The number of hydrazine groups is 1. The van der Waals surface area contributed by atoms with Gasteiger partial charge in [0.25, 0.3) is 0 Å². The van der Waals surface area contributed by atoms with Gasteiger partial charge < -0.3 is 10.3 Å². The third-order valence-corrected chi connectivity index (χ3v) is 5.04. The van der Waals surface area contributed by atoms with Gasteiger partial charge in [-0.15, -0.1) is 0 Å². The Morgan fingerprint density at radius 1 is 1.08 bits per heavy atom. The maximum atomic E-state index is 4.53. The van der Waals surface area contributed by atoms with Gasteiger partial charge in [-0.05, 0) is 30.0 Å². The number of hydrogen-bond acceptors (Lipinski definition) is 6. The van der Waals surface area contributed by atoms with E-state index in [4.69, 9.17) is 0 Å². The molecule has 2 aromatic carbocycles. The van der Waals surface area contributed by atoms with Crippen LogP contribution in [0.15, 0.2) is 66.0 Å². The highest BCUT2D eigenvalue weighted by Crippen LogP contribution is 2.37. The van der Waals surface area contributed by atoms with Gasteiger partial charge >= 0.3 is 0 Å². The number of aromatic nitrogens is 2. The van der Waals surface area contributed by atoms with Gasteiger partial charge in [0.2, 0.25) is 0 Å². The largest absolute Gasteiger partial charge is 0.340 e. The van der Waals surface area contributed by atoms with E-state index < -0.39 is 0 Å². The van der Waals surface area contributed by atoms with Crippen LogP contribution in [0.3, 0.4) is 0 Å². The molecular weight excluding hydrogens is 342 g/mol. The van der Waals surface area contributed by atoms with Crippen LogP contribution in [-0.4, -0.2) is 28.3 Å². The number of thioether (sulfide) groups is 1. The molecule has 0 radical (unpaired) electrons. The number of fused-ring (bicyclic) bond motifs is 1. The van der Waals surface area contributed by atoms with E-state index in [-0.39, 0.29) is 0 Å². The number of rotatable bonds is 5. The monoisotopic (exact) mass is 363 g/mol. The van der Waals surface area contributed by atoms with E-state index in [1.165, 1.54) is 16.8 Å². The Morgan fingerprint density at radius 3 is 2.73 bits per heavy atom. The normalized spacial score (nSPS) is 13.7. The Morgan fingerprint density at radius 2 is 1.92 bits per heavy atom. The fourth-order valence-corrected chi connectivity index (χ4v) is 3.56. The van der Waals surface area contributed by atoms with E-state index in [1.54, 1.807) is 18.0 Å². The van der Waals surface area contributed by atoms with Crippen molar-refractivity contribution in [3.63, 3.8) is 0 Å². The molecule has 5 nitrogen and oxygen atoms in total. The van der Waals surface area contributed by atoms with Gasteiger partial charge in [-0.3, -0.25) is 0 Å². The molecule has 0 unspecified atom stereocenters. The summed E-state index contributed by atoms with van der Waals surface area (Å²) >= 11 is 1.54. The van der Waals surface area contributed by atoms with Crippen LogP contribution in [0.2, 0.25) is 0 Å².